The van der Waals surface area contributed by atoms with Gasteiger partial charge in [-0.1, -0.05) is 96.4 Å². The van der Waals surface area contributed by atoms with Gasteiger partial charge in [-0.25, -0.2) is 0 Å². The van der Waals surface area contributed by atoms with Crippen molar-refractivity contribution in [1.29, 1.82) is 0 Å². The summed E-state index contributed by atoms with van der Waals surface area (Å²) in [5, 5.41) is 2.71. The maximum atomic E-state index is 6.20. The Kier molecular flexibility index (Phi) is 8.76. The monoisotopic (exact) mass is 402 g/mol. The molecule has 4 heteroatoms. The molecule has 0 unspecified atom stereocenters. The summed E-state index contributed by atoms with van der Waals surface area (Å²) in [4.78, 5) is 0. The molecule has 0 amide bonds. The van der Waals surface area contributed by atoms with Crippen LogP contribution in [0.3, 0.4) is 0 Å². The number of aryl methyl sites for hydroxylation is 2. The van der Waals surface area contributed by atoms with Gasteiger partial charge in [0.25, 0.3) is 0 Å². The Bertz CT molecular complexity index is 595. The normalized spacial score (nSPS) is 11.0. The SMILES string of the molecule is Clc1cccc(CCCCCCCCc2cccc(Cl)c2Cl)c1Cl. The fourth-order valence-electron chi connectivity index (χ4n) is 2.82. The van der Waals surface area contributed by atoms with Gasteiger partial charge >= 0.3 is 0 Å². The number of unbranched alkanes of at least 4 members (excludes halogenated alkanes) is 5. The zero-order chi connectivity index (χ0) is 17.4. The molecular weight excluding hydrogens is 382 g/mol. The van der Waals surface area contributed by atoms with Gasteiger partial charge in [-0.2, -0.15) is 0 Å². The quantitative estimate of drug-likeness (QED) is 0.368. The molecule has 0 N–H and O–H groups in total. The fraction of sp³-hybridized carbons (Fsp3) is 0.400. The van der Waals surface area contributed by atoms with Crippen molar-refractivity contribution in [2.45, 2.75) is 51.4 Å². The molecule has 0 bridgehead atoms. The van der Waals surface area contributed by atoms with Crippen LogP contribution in [0, 0.1) is 0 Å². The first-order valence-electron chi connectivity index (χ1n) is 8.45. The summed E-state index contributed by atoms with van der Waals surface area (Å²) >= 11 is 24.5. The van der Waals surface area contributed by atoms with E-state index in [1.54, 1.807) is 0 Å². The highest BCUT2D eigenvalue weighted by molar-refractivity contribution is 6.42. The van der Waals surface area contributed by atoms with Crippen LogP contribution in [0.5, 0.6) is 0 Å². The Balaban J connectivity index is 1.57. The predicted octanol–water partition coefficient (Wildman–Crippen LogP) is 8.43. The standard InChI is InChI=1S/C20H22Cl4/c21-17-13-7-11-15(19(17)23)9-5-3-1-2-4-6-10-16-12-8-14-18(22)20(16)24/h7-8,11-14H,1-6,9-10H2. The molecule has 0 heterocycles. The molecule has 0 nitrogen and oxygen atoms in total. The van der Waals surface area contributed by atoms with Crippen LogP contribution >= 0.6 is 46.4 Å². The second kappa shape index (κ2) is 10.6. The van der Waals surface area contributed by atoms with Crippen molar-refractivity contribution in [3.8, 4) is 0 Å². The second-order valence-electron chi connectivity index (χ2n) is 6.05. The predicted molar refractivity (Wildman–Crippen MR) is 108 cm³/mol. The van der Waals surface area contributed by atoms with Gasteiger partial charge in [0.15, 0.2) is 0 Å². The fourth-order valence-corrected chi connectivity index (χ4v) is 3.65. The van der Waals surface area contributed by atoms with E-state index in [4.69, 9.17) is 46.4 Å². The minimum absolute atomic E-state index is 0.647. The Morgan fingerprint density at radius 2 is 0.875 bits per heavy atom. The topological polar surface area (TPSA) is 0 Å². The summed E-state index contributed by atoms with van der Waals surface area (Å²) in [6, 6.07) is 11.7. The molecule has 2 rings (SSSR count). The van der Waals surface area contributed by atoms with Crippen molar-refractivity contribution in [3.05, 3.63) is 67.6 Å². The van der Waals surface area contributed by atoms with Crippen LogP contribution in [0.2, 0.25) is 20.1 Å². The molecule has 2 aromatic rings. The first kappa shape index (κ1) is 19.9. The van der Waals surface area contributed by atoms with E-state index in [9.17, 15) is 0 Å². The minimum Gasteiger partial charge on any atom is -0.0827 e. The van der Waals surface area contributed by atoms with Crippen LogP contribution in [-0.2, 0) is 12.8 Å². The third-order valence-corrected chi connectivity index (χ3v) is 5.92. The number of hydrogen-bond donors (Lipinski definition) is 0. The minimum atomic E-state index is 0.647. The number of hydrogen-bond acceptors (Lipinski definition) is 0. The third kappa shape index (κ3) is 6.15. The maximum Gasteiger partial charge on any atom is 0.0624 e. The molecule has 24 heavy (non-hydrogen) atoms. The van der Waals surface area contributed by atoms with E-state index in [1.165, 1.54) is 25.7 Å². The van der Waals surface area contributed by atoms with E-state index in [0.29, 0.717) is 20.1 Å². The summed E-state index contributed by atoms with van der Waals surface area (Å²) in [6.07, 6.45) is 9.25. The maximum absolute atomic E-state index is 6.20. The average Bonchev–Trinajstić information content (AvgIpc) is 2.57. The molecule has 0 aromatic heterocycles. The van der Waals surface area contributed by atoms with Crippen LogP contribution in [0.4, 0.5) is 0 Å². The van der Waals surface area contributed by atoms with Crippen LogP contribution in [-0.4, -0.2) is 0 Å². The van der Waals surface area contributed by atoms with Crippen molar-refractivity contribution in [3.63, 3.8) is 0 Å². The molecule has 130 valence electrons. The molecule has 0 spiro atoms. The van der Waals surface area contributed by atoms with E-state index < -0.39 is 0 Å². The van der Waals surface area contributed by atoms with Crippen molar-refractivity contribution in [1.82, 2.24) is 0 Å². The van der Waals surface area contributed by atoms with E-state index in [1.807, 2.05) is 24.3 Å². The van der Waals surface area contributed by atoms with E-state index in [2.05, 4.69) is 12.1 Å². The first-order valence-corrected chi connectivity index (χ1v) is 9.96. The van der Waals surface area contributed by atoms with E-state index >= 15 is 0 Å². The van der Waals surface area contributed by atoms with Crippen LogP contribution in [0.1, 0.15) is 49.7 Å². The number of halogens is 4. The van der Waals surface area contributed by atoms with Gasteiger partial charge in [0.2, 0.25) is 0 Å². The summed E-state index contributed by atoms with van der Waals surface area (Å²) in [5.41, 5.74) is 2.31. The van der Waals surface area contributed by atoms with Gasteiger partial charge in [0, 0.05) is 0 Å². The Labute approximate surface area is 165 Å². The summed E-state index contributed by atoms with van der Waals surface area (Å²) in [6.45, 7) is 0. The summed E-state index contributed by atoms with van der Waals surface area (Å²) in [7, 11) is 0. The lowest BCUT2D eigenvalue weighted by atomic mass is 10.0. The lowest BCUT2D eigenvalue weighted by Crippen LogP contribution is -1.90. The molecule has 0 radical (unpaired) electrons. The lowest BCUT2D eigenvalue weighted by Gasteiger charge is -2.07. The van der Waals surface area contributed by atoms with E-state index in [0.717, 1.165) is 36.8 Å². The van der Waals surface area contributed by atoms with Crippen molar-refractivity contribution < 1.29 is 0 Å². The zero-order valence-corrected chi connectivity index (χ0v) is 16.7. The average molecular weight is 404 g/mol. The molecule has 0 atom stereocenters. The molecule has 0 aliphatic rings. The molecular formula is C20H22Cl4. The second-order valence-corrected chi connectivity index (χ2v) is 7.62. The Morgan fingerprint density at radius 3 is 1.29 bits per heavy atom. The van der Waals surface area contributed by atoms with Crippen molar-refractivity contribution in [2.75, 3.05) is 0 Å². The van der Waals surface area contributed by atoms with Gasteiger partial charge < -0.3 is 0 Å². The highest BCUT2D eigenvalue weighted by Crippen LogP contribution is 2.28. The lowest BCUT2D eigenvalue weighted by molar-refractivity contribution is 0.594. The molecule has 2 aromatic carbocycles. The van der Waals surface area contributed by atoms with Crippen LogP contribution in [0.15, 0.2) is 36.4 Å². The van der Waals surface area contributed by atoms with Crippen LogP contribution < -0.4 is 0 Å². The van der Waals surface area contributed by atoms with Gasteiger partial charge in [0.05, 0.1) is 20.1 Å². The molecule has 0 saturated carbocycles. The summed E-state index contributed by atoms with van der Waals surface area (Å²) in [5.74, 6) is 0. The highest BCUT2D eigenvalue weighted by Gasteiger charge is 2.05. The molecule has 0 aliphatic carbocycles. The molecule has 0 saturated heterocycles. The van der Waals surface area contributed by atoms with Gasteiger partial charge in [-0.05, 0) is 48.9 Å². The van der Waals surface area contributed by atoms with E-state index in [-0.39, 0.29) is 0 Å². The number of rotatable bonds is 9. The number of benzene rings is 2. The Morgan fingerprint density at radius 1 is 0.500 bits per heavy atom. The van der Waals surface area contributed by atoms with Gasteiger partial charge in [-0.3, -0.25) is 0 Å². The van der Waals surface area contributed by atoms with Crippen LogP contribution in [0.25, 0.3) is 0 Å². The van der Waals surface area contributed by atoms with Gasteiger partial charge in [0.1, 0.15) is 0 Å². The zero-order valence-electron chi connectivity index (χ0n) is 13.6. The van der Waals surface area contributed by atoms with Gasteiger partial charge in [-0.15, -0.1) is 0 Å². The first-order chi connectivity index (χ1) is 11.6. The molecule has 0 fully saturated rings. The third-order valence-electron chi connectivity index (χ3n) is 4.21. The largest absolute Gasteiger partial charge is 0.0827 e. The van der Waals surface area contributed by atoms with Crippen molar-refractivity contribution in [2.24, 2.45) is 0 Å². The Hall–Kier alpha value is -0.400. The smallest absolute Gasteiger partial charge is 0.0624 e. The molecule has 0 aliphatic heterocycles. The summed E-state index contributed by atoms with van der Waals surface area (Å²) < 4.78 is 0. The van der Waals surface area contributed by atoms with Crippen molar-refractivity contribution >= 4 is 46.4 Å². The highest BCUT2D eigenvalue weighted by atomic mass is 35.5.